The second-order valence-corrected chi connectivity index (χ2v) is 7.06. The van der Waals surface area contributed by atoms with Crippen molar-refractivity contribution < 1.29 is 9.90 Å². The number of carboxylic acid groups (broad SMARTS) is 1. The standard InChI is InChI=1S/C15H19N3O2/c1-8-16-12(14(19)20)13(18-17-8)15-5-9-2-10(6-15)4-11(3-9)7-15/h9-11H,2-7H2,1H3,(H,19,20). The third-order valence-electron chi connectivity index (χ3n) is 5.54. The predicted molar refractivity (Wildman–Crippen MR) is 71.4 cm³/mol. The largest absolute Gasteiger partial charge is 0.476 e. The van der Waals surface area contributed by atoms with E-state index in [1.54, 1.807) is 6.92 Å². The van der Waals surface area contributed by atoms with Crippen molar-refractivity contribution in [3.05, 3.63) is 17.2 Å². The van der Waals surface area contributed by atoms with Gasteiger partial charge in [0.1, 0.15) is 11.5 Å². The van der Waals surface area contributed by atoms with Crippen LogP contribution < -0.4 is 0 Å². The molecule has 0 atom stereocenters. The topological polar surface area (TPSA) is 76.0 Å². The number of carbonyl (C=O) groups is 1. The molecule has 5 nitrogen and oxygen atoms in total. The molecule has 0 radical (unpaired) electrons. The smallest absolute Gasteiger partial charge is 0.356 e. The molecule has 106 valence electrons. The van der Waals surface area contributed by atoms with Gasteiger partial charge < -0.3 is 5.11 Å². The average Bonchev–Trinajstić information content (AvgIpc) is 2.36. The van der Waals surface area contributed by atoms with Gasteiger partial charge in [0, 0.05) is 5.41 Å². The fourth-order valence-electron chi connectivity index (χ4n) is 5.31. The van der Waals surface area contributed by atoms with E-state index in [0.29, 0.717) is 11.5 Å². The Morgan fingerprint density at radius 3 is 2.15 bits per heavy atom. The van der Waals surface area contributed by atoms with Crippen molar-refractivity contribution in [1.29, 1.82) is 0 Å². The summed E-state index contributed by atoms with van der Waals surface area (Å²) in [7, 11) is 0. The van der Waals surface area contributed by atoms with Crippen LogP contribution >= 0.6 is 0 Å². The third-order valence-corrected chi connectivity index (χ3v) is 5.54. The lowest BCUT2D eigenvalue weighted by Gasteiger charge is -2.56. The Hall–Kier alpha value is -1.52. The van der Waals surface area contributed by atoms with Crippen molar-refractivity contribution >= 4 is 5.97 Å². The van der Waals surface area contributed by atoms with Crippen LogP contribution in [0.2, 0.25) is 0 Å². The van der Waals surface area contributed by atoms with E-state index in [-0.39, 0.29) is 11.1 Å². The van der Waals surface area contributed by atoms with Crippen molar-refractivity contribution in [3.8, 4) is 0 Å². The van der Waals surface area contributed by atoms with Crippen molar-refractivity contribution in [3.63, 3.8) is 0 Å². The molecule has 1 aromatic heterocycles. The van der Waals surface area contributed by atoms with Gasteiger partial charge in [0.05, 0.1) is 0 Å². The van der Waals surface area contributed by atoms with Gasteiger partial charge in [-0.3, -0.25) is 0 Å². The van der Waals surface area contributed by atoms with E-state index in [9.17, 15) is 9.90 Å². The fraction of sp³-hybridized carbons (Fsp3) is 0.733. The molecule has 5 rings (SSSR count). The maximum Gasteiger partial charge on any atom is 0.356 e. The van der Waals surface area contributed by atoms with E-state index in [1.807, 2.05) is 0 Å². The van der Waals surface area contributed by atoms with Gasteiger partial charge in [-0.2, -0.15) is 5.10 Å². The Labute approximate surface area is 117 Å². The molecule has 1 N–H and O–H groups in total. The van der Waals surface area contributed by atoms with Crippen molar-refractivity contribution in [1.82, 2.24) is 15.2 Å². The number of aryl methyl sites for hydroxylation is 1. The highest BCUT2D eigenvalue weighted by molar-refractivity contribution is 5.87. The Morgan fingerprint density at radius 1 is 1.10 bits per heavy atom. The first-order valence-corrected chi connectivity index (χ1v) is 7.51. The Morgan fingerprint density at radius 2 is 1.65 bits per heavy atom. The highest BCUT2D eigenvalue weighted by atomic mass is 16.4. The summed E-state index contributed by atoms with van der Waals surface area (Å²) in [6.07, 6.45) is 7.23. The van der Waals surface area contributed by atoms with Crippen molar-refractivity contribution in [2.45, 2.75) is 50.9 Å². The minimum absolute atomic E-state index is 0.0594. The van der Waals surface area contributed by atoms with E-state index in [2.05, 4.69) is 15.2 Å². The molecule has 0 amide bonds. The monoisotopic (exact) mass is 273 g/mol. The van der Waals surface area contributed by atoms with E-state index in [4.69, 9.17) is 0 Å². The first-order chi connectivity index (χ1) is 9.56. The molecule has 5 heteroatoms. The molecule has 1 heterocycles. The molecular formula is C15H19N3O2. The Balaban J connectivity index is 1.83. The van der Waals surface area contributed by atoms with Gasteiger partial charge in [0.25, 0.3) is 0 Å². The predicted octanol–water partition coefficient (Wildman–Crippen LogP) is 2.35. The van der Waals surface area contributed by atoms with Crippen LogP contribution in [0.5, 0.6) is 0 Å². The lowest BCUT2D eigenvalue weighted by atomic mass is 9.48. The van der Waals surface area contributed by atoms with E-state index in [1.165, 1.54) is 19.3 Å². The molecule has 4 saturated carbocycles. The van der Waals surface area contributed by atoms with Crippen LogP contribution in [0, 0.1) is 24.7 Å². The van der Waals surface area contributed by atoms with Crippen LogP contribution in [-0.4, -0.2) is 26.3 Å². The summed E-state index contributed by atoms with van der Waals surface area (Å²) in [6.45, 7) is 1.70. The van der Waals surface area contributed by atoms with Crippen molar-refractivity contribution in [2.75, 3.05) is 0 Å². The average molecular weight is 273 g/mol. The van der Waals surface area contributed by atoms with E-state index < -0.39 is 5.97 Å². The molecule has 4 aliphatic rings. The number of nitrogens with zero attached hydrogens (tertiary/aromatic N) is 3. The highest BCUT2D eigenvalue weighted by Crippen LogP contribution is 2.60. The molecule has 4 aliphatic carbocycles. The van der Waals surface area contributed by atoms with Crippen LogP contribution in [0.25, 0.3) is 0 Å². The van der Waals surface area contributed by atoms with E-state index in [0.717, 1.165) is 37.0 Å². The molecule has 20 heavy (non-hydrogen) atoms. The van der Waals surface area contributed by atoms with Gasteiger partial charge in [-0.15, -0.1) is 5.10 Å². The third kappa shape index (κ3) is 1.68. The lowest BCUT2D eigenvalue weighted by Crippen LogP contribution is -2.49. The lowest BCUT2D eigenvalue weighted by molar-refractivity contribution is -0.00859. The SMILES string of the molecule is Cc1nnc(C23CC4CC(CC(C4)C2)C3)c(C(=O)O)n1. The summed E-state index contributed by atoms with van der Waals surface area (Å²) in [5.74, 6) is 1.74. The van der Waals surface area contributed by atoms with Gasteiger partial charge in [-0.1, -0.05) is 0 Å². The number of aromatic carboxylic acids is 1. The molecular weight excluding hydrogens is 254 g/mol. The molecule has 0 aliphatic heterocycles. The second-order valence-electron chi connectivity index (χ2n) is 7.06. The van der Waals surface area contributed by atoms with Gasteiger partial charge in [-0.25, -0.2) is 9.78 Å². The zero-order chi connectivity index (χ0) is 13.9. The number of rotatable bonds is 2. The molecule has 4 bridgehead atoms. The highest BCUT2D eigenvalue weighted by Gasteiger charge is 2.53. The van der Waals surface area contributed by atoms with Gasteiger partial charge in [0.15, 0.2) is 5.69 Å². The van der Waals surface area contributed by atoms with Gasteiger partial charge in [-0.05, 0) is 63.2 Å². The van der Waals surface area contributed by atoms with Crippen LogP contribution in [0.1, 0.15) is 60.5 Å². The van der Waals surface area contributed by atoms with Crippen LogP contribution in [0.3, 0.4) is 0 Å². The second kappa shape index (κ2) is 3.99. The van der Waals surface area contributed by atoms with Gasteiger partial charge >= 0.3 is 5.97 Å². The molecule has 4 fully saturated rings. The molecule has 0 aromatic carbocycles. The zero-order valence-corrected chi connectivity index (χ0v) is 11.7. The number of hydrogen-bond donors (Lipinski definition) is 1. The summed E-state index contributed by atoms with van der Waals surface area (Å²) in [4.78, 5) is 15.7. The molecule has 0 unspecified atom stereocenters. The number of carboxylic acids is 1. The fourth-order valence-corrected chi connectivity index (χ4v) is 5.31. The Bertz CT molecular complexity index is 549. The Kier molecular flexibility index (Phi) is 2.44. The molecule has 1 aromatic rings. The van der Waals surface area contributed by atoms with Crippen LogP contribution in [-0.2, 0) is 5.41 Å². The number of aromatic nitrogens is 3. The van der Waals surface area contributed by atoms with Crippen molar-refractivity contribution in [2.24, 2.45) is 17.8 Å². The zero-order valence-electron chi connectivity index (χ0n) is 11.7. The first-order valence-electron chi connectivity index (χ1n) is 7.51. The summed E-state index contributed by atoms with van der Waals surface area (Å²) in [5.41, 5.74) is 0.741. The maximum atomic E-state index is 11.5. The molecule has 0 spiro atoms. The normalized spacial score (nSPS) is 38.1. The van der Waals surface area contributed by atoms with Crippen LogP contribution in [0.15, 0.2) is 0 Å². The summed E-state index contributed by atoms with van der Waals surface area (Å²) in [6, 6.07) is 0. The minimum Gasteiger partial charge on any atom is -0.476 e. The quantitative estimate of drug-likeness (QED) is 0.895. The summed E-state index contributed by atoms with van der Waals surface area (Å²) in [5, 5.41) is 17.8. The number of hydrogen-bond acceptors (Lipinski definition) is 4. The summed E-state index contributed by atoms with van der Waals surface area (Å²) < 4.78 is 0. The first kappa shape index (κ1) is 12.2. The van der Waals surface area contributed by atoms with E-state index >= 15 is 0 Å². The molecule has 0 saturated heterocycles. The summed E-state index contributed by atoms with van der Waals surface area (Å²) >= 11 is 0. The van der Waals surface area contributed by atoms with Crippen LogP contribution in [0.4, 0.5) is 0 Å². The minimum atomic E-state index is -0.964. The van der Waals surface area contributed by atoms with Gasteiger partial charge in [0.2, 0.25) is 0 Å². The maximum absolute atomic E-state index is 11.5.